The van der Waals surface area contributed by atoms with Crippen LogP contribution in [-0.4, -0.2) is 48.9 Å². The summed E-state index contributed by atoms with van der Waals surface area (Å²) in [6.07, 6.45) is 8.88. The summed E-state index contributed by atoms with van der Waals surface area (Å²) in [6, 6.07) is 3.62. The van der Waals surface area contributed by atoms with Crippen LogP contribution in [0.4, 0.5) is 5.69 Å². The fourth-order valence-corrected chi connectivity index (χ4v) is 5.52. The van der Waals surface area contributed by atoms with E-state index in [0.29, 0.717) is 45.0 Å². The number of hydrogen-bond acceptors (Lipinski definition) is 9. The lowest BCUT2D eigenvalue weighted by Gasteiger charge is -2.09. The van der Waals surface area contributed by atoms with Gasteiger partial charge in [-0.05, 0) is 23.3 Å². The van der Waals surface area contributed by atoms with E-state index in [4.69, 9.17) is 15.5 Å². The van der Waals surface area contributed by atoms with E-state index >= 15 is 0 Å². The Morgan fingerprint density at radius 3 is 2.69 bits per heavy atom. The van der Waals surface area contributed by atoms with Gasteiger partial charge in [0.2, 0.25) is 4.21 Å². The lowest BCUT2D eigenvalue weighted by Crippen LogP contribution is -2.09. The first kappa shape index (κ1) is 19.6. The van der Waals surface area contributed by atoms with Crippen molar-refractivity contribution >= 4 is 38.4 Å². The first-order chi connectivity index (χ1) is 14.2. The van der Waals surface area contributed by atoms with Crippen LogP contribution < -0.4 is 5.73 Å². The van der Waals surface area contributed by atoms with Crippen molar-refractivity contribution in [2.24, 2.45) is 0 Å². The molecule has 4 rings (SSSR count). The molecule has 4 aromatic heterocycles. The van der Waals surface area contributed by atoms with Gasteiger partial charge in [0, 0.05) is 49.4 Å². The molecule has 0 saturated heterocycles. The number of pyridine rings is 1. The minimum atomic E-state index is -1.24. The van der Waals surface area contributed by atoms with Gasteiger partial charge in [-0.15, -0.1) is 0 Å². The second-order valence-corrected chi connectivity index (χ2v) is 8.90. The number of rotatable bonds is 7. The molecule has 8 nitrogen and oxygen atoms in total. The fourth-order valence-electron chi connectivity index (χ4n) is 2.89. The van der Waals surface area contributed by atoms with Crippen molar-refractivity contribution in [3.63, 3.8) is 0 Å². The van der Waals surface area contributed by atoms with Gasteiger partial charge in [0.25, 0.3) is 0 Å². The van der Waals surface area contributed by atoms with Crippen LogP contribution in [0.3, 0.4) is 0 Å². The summed E-state index contributed by atoms with van der Waals surface area (Å²) in [5.41, 5.74) is 9.08. The summed E-state index contributed by atoms with van der Waals surface area (Å²) in [5.74, 6) is 1.00. The van der Waals surface area contributed by atoms with E-state index in [2.05, 4.69) is 19.9 Å². The van der Waals surface area contributed by atoms with Crippen molar-refractivity contribution in [1.82, 2.24) is 24.9 Å². The predicted molar refractivity (Wildman–Crippen MR) is 114 cm³/mol. The zero-order valence-electron chi connectivity index (χ0n) is 15.6. The predicted octanol–water partition coefficient (Wildman–Crippen LogP) is 2.94. The number of methoxy groups -OCH3 is 1. The standard InChI is InChI=1S/C19H18N6O2S2/c1-27-6-3-7-29(26)19-16(20)15-13(17-23-4-2-5-24-17)8-14(25-18(15)28-19)12-9-21-11-22-10-12/h2,4-5,8-11H,3,6-7,20H2,1H3/t29-/m1/s1. The van der Waals surface area contributed by atoms with Crippen molar-refractivity contribution in [3.8, 4) is 22.6 Å². The van der Waals surface area contributed by atoms with Crippen molar-refractivity contribution in [1.29, 1.82) is 0 Å². The molecule has 0 saturated carbocycles. The number of nitrogens with zero attached hydrogens (tertiary/aromatic N) is 5. The number of hydrogen-bond donors (Lipinski definition) is 1. The second kappa shape index (κ2) is 8.78. The molecule has 0 fully saturated rings. The highest BCUT2D eigenvalue weighted by Gasteiger charge is 2.25. The summed E-state index contributed by atoms with van der Waals surface area (Å²) in [5, 5.41) is 0.719. The number of thiophene rings is 1. The number of anilines is 1. The zero-order chi connectivity index (χ0) is 20.2. The Morgan fingerprint density at radius 2 is 1.97 bits per heavy atom. The molecule has 0 amide bonds. The molecular formula is C19H18N6O2S2. The van der Waals surface area contributed by atoms with E-state index in [-0.39, 0.29) is 0 Å². The topological polar surface area (TPSA) is 123 Å². The average molecular weight is 427 g/mol. The molecule has 0 aliphatic rings. The van der Waals surface area contributed by atoms with Gasteiger partial charge in [-0.1, -0.05) is 11.3 Å². The number of nitrogens with two attached hydrogens (primary N) is 1. The lowest BCUT2D eigenvalue weighted by atomic mass is 10.1. The molecule has 29 heavy (non-hydrogen) atoms. The first-order valence-electron chi connectivity index (χ1n) is 8.82. The highest BCUT2D eigenvalue weighted by Crippen LogP contribution is 2.42. The first-order valence-corrected chi connectivity index (χ1v) is 11.0. The van der Waals surface area contributed by atoms with E-state index in [1.807, 2.05) is 6.07 Å². The Morgan fingerprint density at radius 1 is 1.21 bits per heavy atom. The number of fused-ring (bicyclic) bond motifs is 1. The maximum atomic E-state index is 12.8. The van der Waals surface area contributed by atoms with Gasteiger partial charge in [-0.2, -0.15) is 0 Å². The third-order valence-corrected chi connectivity index (χ3v) is 7.21. The molecule has 10 heteroatoms. The minimum Gasteiger partial charge on any atom is -0.611 e. The SMILES string of the molecule is COCCC[S@@+]([O-])c1sc2nc(-c3cncnc3)cc(-c3ncccn3)c2c1N. The molecule has 0 radical (unpaired) electrons. The van der Waals surface area contributed by atoms with Gasteiger partial charge in [-0.25, -0.2) is 24.9 Å². The molecule has 0 unspecified atom stereocenters. The smallest absolute Gasteiger partial charge is 0.232 e. The van der Waals surface area contributed by atoms with Crippen molar-refractivity contribution in [2.45, 2.75) is 10.6 Å². The summed E-state index contributed by atoms with van der Waals surface area (Å²) in [4.78, 5) is 22.3. The summed E-state index contributed by atoms with van der Waals surface area (Å²) in [7, 11) is 1.63. The average Bonchev–Trinajstić information content (AvgIpc) is 3.11. The van der Waals surface area contributed by atoms with Crippen molar-refractivity contribution in [2.75, 3.05) is 25.2 Å². The second-order valence-electron chi connectivity index (χ2n) is 6.13. The summed E-state index contributed by atoms with van der Waals surface area (Å²) in [6.45, 7) is 0.552. The Kier molecular flexibility index (Phi) is 5.95. The Bertz CT molecular complexity index is 1110. The van der Waals surface area contributed by atoms with Gasteiger partial charge in [-0.3, -0.25) is 0 Å². The molecule has 0 aromatic carbocycles. The molecule has 0 spiro atoms. The van der Waals surface area contributed by atoms with E-state index in [1.165, 1.54) is 17.7 Å². The molecule has 0 bridgehead atoms. The minimum absolute atomic E-state index is 0.464. The molecule has 148 valence electrons. The Labute approximate surface area is 174 Å². The molecular weight excluding hydrogens is 408 g/mol. The Balaban J connectivity index is 1.88. The zero-order valence-corrected chi connectivity index (χ0v) is 17.2. The molecule has 2 N–H and O–H groups in total. The fraction of sp³-hybridized carbons (Fsp3) is 0.211. The molecule has 4 heterocycles. The quantitative estimate of drug-likeness (QED) is 0.353. The van der Waals surface area contributed by atoms with Gasteiger partial charge < -0.3 is 15.0 Å². The third-order valence-electron chi connectivity index (χ3n) is 4.21. The van der Waals surface area contributed by atoms with E-state index < -0.39 is 11.2 Å². The molecule has 0 aliphatic carbocycles. The summed E-state index contributed by atoms with van der Waals surface area (Å²) >= 11 is 0.0974. The summed E-state index contributed by atoms with van der Waals surface area (Å²) < 4.78 is 18.5. The van der Waals surface area contributed by atoms with Crippen LogP contribution in [0, 0.1) is 0 Å². The third kappa shape index (κ3) is 4.06. The Hall–Kier alpha value is -2.66. The normalized spacial score (nSPS) is 12.3. The van der Waals surface area contributed by atoms with Crippen LogP contribution in [0.15, 0.2) is 47.5 Å². The van der Waals surface area contributed by atoms with Crippen LogP contribution in [0.25, 0.3) is 32.9 Å². The highest BCUT2D eigenvalue weighted by atomic mass is 32.2. The lowest BCUT2D eigenvalue weighted by molar-refractivity contribution is 0.199. The van der Waals surface area contributed by atoms with Gasteiger partial charge in [0.15, 0.2) is 5.82 Å². The largest absolute Gasteiger partial charge is 0.611 e. The van der Waals surface area contributed by atoms with E-state index in [1.54, 1.807) is 38.0 Å². The van der Waals surface area contributed by atoms with Crippen molar-refractivity contribution < 1.29 is 9.29 Å². The number of nitrogen functional groups attached to an aromatic ring is 1. The maximum absolute atomic E-state index is 12.8. The van der Waals surface area contributed by atoms with Crippen LogP contribution in [0.5, 0.6) is 0 Å². The number of aromatic nitrogens is 5. The van der Waals surface area contributed by atoms with Crippen LogP contribution in [0.2, 0.25) is 0 Å². The van der Waals surface area contributed by atoms with Crippen LogP contribution in [0.1, 0.15) is 6.42 Å². The molecule has 0 aliphatic heterocycles. The van der Waals surface area contributed by atoms with Crippen molar-refractivity contribution in [3.05, 3.63) is 43.2 Å². The van der Waals surface area contributed by atoms with Gasteiger partial charge in [0.1, 0.15) is 22.6 Å². The maximum Gasteiger partial charge on any atom is 0.232 e. The molecule has 4 aromatic rings. The van der Waals surface area contributed by atoms with Gasteiger partial charge in [0.05, 0.1) is 17.7 Å². The highest BCUT2D eigenvalue weighted by molar-refractivity contribution is 7.93. The monoisotopic (exact) mass is 426 g/mol. The van der Waals surface area contributed by atoms with E-state index in [9.17, 15) is 4.55 Å². The number of ether oxygens (including phenoxy) is 1. The van der Waals surface area contributed by atoms with Gasteiger partial charge >= 0.3 is 0 Å². The van der Waals surface area contributed by atoms with Crippen LogP contribution in [-0.2, 0) is 15.9 Å². The molecule has 1 atom stereocenters. The van der Waals surface area contributed by atoms with Crippen LogP contribution >= 0.6 is 11.3 Å². The van der Waals surface area contributed by atoms with E-state index in [0.717, 1.165) is 16.5 Å².